The van der Waals surface area contributed by atoms with Gasteiger partial charge in [-0.2, -0.15) is 0 Å². The number of amides is 1. The zero-order valence-corrected chi connectivity index (χ0v) is 14.5. The molecular weight excluding hydrogens is 356 g/mol. The van der Waals surface area contributed by atoms with Crippen LogP contribution in [0.3, 0.4) is 0 Å². The molecule has 1 atom stereocenters. The maximum atomic E-state index is 12.3. The third-order valence-corrected chi connectivity index (χ3v) is 3.53. The van der Waals surface area contributed by atoms with Gasteiger partial charge in [-0.3, -0.25) is 14.9 Å². The van der Waals surface area contributed by atoms with Gasteiger partial charge in [0.25, 0.3) is 11.6 Å². The number of carbonyl (C=O) groups is 3. The zero-order valence-electron chi connectivity index (χ0n) is 14.5. The van der Waals surface area contributed by atoms with Crippen LogP contribution in [0.25, 0.3) is 0 Å². The Balaban J connectivity index is 2.08. The van der Waals surface area contributed by atoms with Gasteiger partial charge in [-0.15, -0.1) is 0 Å². The van der Waals surface area contributed by atoms with E-state index in [1.165, 1.54) is 56.5 Å². The second-order valence-corrected chi connectivity index (χ2v) is 5.38. The van der Waals surface area contributed by atoms with E-state index < -0.39 is 28.9 Å². The van der Waals surface area contributed by atoms with Gasteiger partial charge in [0.1, 0.15) is 0 Å². The van der Waals surface area contributed by atoms with Gasteiger partial charge in [0.05, 0.1) is 23.2 Å². The number of nitrogens with zero attached hydrogens (tertiary/aromatic N) is 1. The van der Waals surface area contributed by atoms with Gasteiger partial charge >= 0.3 is 11.9 Å². The van der Waals surface area contributed by atoms with Crippen molar-refractivity contribution in [3.63, 3.8) is 0 Å². The Kier molecular flexibility index (Phi) is 6.21. The van der Waals surface area contributed by atoms with E-state index in [0.717, 1.165) is 0 Å². The Hall–Kier alpha value is -3.75. The first-order chi connectivity index (χ1) is 12.8. The van der Waals surface area contributed by atoms with Crippen molar-refractivity contribution in [2.45, 2.75) is 13.0 Å². The lowest BCUT2D eigenvalue weighted by Crippen LogP contribution is -2.30. The molecule has 1 unspecified atom stereocenters. The molecule has 9 nitrogen and oxygen atoms in total. The number of carbonyl (C=O) groups excluding carboxylic acids is 3. The maximum Gasteiger partial charge on any atom is 0.339 e. The summed E-state index contributed by atoms with van der Waals surface area (Å²) in [5.74, 6) is -2.27. The summed E-state index contributed by atoms with van der Waals surface area (Å²) in [4.78, 5) is 46.4. The van der Waals surface area contributed by atoms with E-state index in [1.807, 2.05) is 0 Å². The number of methoxy groups -OCH3 is 1. The van der Waals surface area contributed by atoms with Crippen LogP contribution in [0.1, 0.15) is 27.6 Å². The second kappa shape index (κ2) is 8.56. The Morgan fingerprint density at radius 1 is 1.04 bits per heavy atom. The van der Waals surface area contributed by atoms with Crippen molar-refractivity contribution in [1.82, 2.24) is 0 Å². The van der Waals surface area contributed by atoms with Crippen LogP contribution < -0.4 is 5.32 Å². The van der Waals surface area contributed by atoms with E-state index in [4.69, 9.17) is 4.74 Å². The topological polar surface area (TPSA) is 125 Å². The highest BCUT2D eigenvalue weighted by atomic mass is 16.6. The quantitative estimate of drug-likeness (QED) is 0.469. The second-order valence-electron chi connectivity index (χ2n) is 5.38. The number of non-ortho nitro benzene ring substituents is 1. The van der Waals surface area contributed by atoms with Gasteiger partial charge in [0.2, 0.25) is 0 Å². The fraction of sp³-hybridized carbons (Fsp3) is 0.167. The normalized spacial score (nSPS) is 11.2. The molecule has 0 fully saturated rings. The van der Waals surface area contributed by atoms with Gasteiger partial charge in [-0.05, 0) is 25.1 Å². The molecule has 0 saturated heterocycles. The molecule has 0 aromatic heterocycles. The lowest BCUT2D eigenvalue weighted by atomic mass is 10.1. The smallest absolute Gasteiger partial charge is 0.339 e. The fourth-order valence-electron chi connectivity index (χ4n) is 2.17. The van der Waals surface area contributed by atoms with Crippen LogP contribution >= 0.6 is 0 Å². The average Bonchev–Trinajstić information content (AvgIpc) is 2.67. The minimum atomic E-state index is -1.21. The van der Waals surface area contributed by atoms with Crippen LogP contribution in [0.2, 0.25) is 0 Å². The van der Waals surface area contributed by atoms with Crippen molar-refractivity contribution in [2.24, 2.45) is 0 Å². The summed E-state index contributed by atoms with van der Waals surface area (Å²) in [6, 6.07) is 11.2. The molecule has 2 aromatic rings. The maximum absolute atomic E-state index is 12.3. The number of nitro benzene ring substituents is 1. The predicted molar refractivity (Wildman–Crippen MR) is 94.4 cm³/mol. The molecule has 0 saturated carbocycles. The van der Waals surface area contributed by atoms with Crippen molar-refractivity contribution in [3.05, 3.63) is 69.8 Å². The minimum absolute atomic E-state index is 0.0105. The molecule has 2 rings (SSSR count). The Morgan fingerprint density at radius 2 is 1.67 bits per heavy atom. The Bertz CT molecular complexity index is 895. The molecule has 0 bridgehead atoms. The first-order valence-electron chi connectivity index (χ1n) is 7.77. The largest absolute Gasteiger partial charge is 0.465 e. The summed E-state index contributed by atoms with van der Waals surface area (Å²) in [6.07, 6.45) is -1.21. The number of hydrogen-bond acceptors (Lipinski definition) is 7. The summed E-state index contributed by atoms with van der Waals surface area (Å²) in [5, 5.41) is 13.2. The molecule has 1 N–H and O–H groups in total. The van der Waals surface area contributed by atoms with E-state index >= 15 is 0 Å². The highest BCUT2D eigenvalue weighted by Gasteiger charge is 2.23. The molecule has 1 amide bonds. The number of ether oxygens (including phenoxy) is 2. The molecule has 140 valence electrons. The van der Waals surface area contributed by atoms with Crippen molar-refractivity contribution in [3.8, 4) is 0 Å². The monoisotopic (exact) mass is 372 g/mol. The summed E-state index contributed by atoms with van der Waals surface area (Å²) in [6.45, 7) is 1.34. The van der Waals surface area contributed by atoms with Crippen LogP contribution in [-0.4, -0.2) is 36.0 Å². The third-order valence-electron chi connectivity index (χ3n) is 3.53. The van der Waals surface area contributed by atoms with Crippen LogP contribution in [0.4, 0.5) is 11.4 Å². The molecule has 0 spiro atoms. The molecule has 0 aliphatic rings. The third kappa shape index (κ3) is 4.88. The number of nitrogens with one attached hydrogen (secondary N) is 1. The summed E-state index contributed by atoms with van der Waals surface area (Å²) in [5.41, 5.74) is -0.0350. The van der Waals surface area contributed by atoms with Gasteiger partial charge in [-0.1, -0.05) is 18.2 Å². The number of nitro groups is 1. The molecule has 0 heterocycles. The number of rotatable bonds is 6. The highest BCUT2D eigenvalue weighted by Crippen LogP contribution is 2.18. The fourth-order valence-corrected chi connectivity index (χ4v) is 2.17. The van der Waals surface area contributed by atoms with Gasteiger partial charge in [0.15, 0.2) is 6.10 Å². The van der Waals surface area contributed by atoms with Crippen molar-refractivity contribution >= 4 is 29.2 Å². The molecule has 2 aromatic carbocycles. The molecule has 0 radical (unpaired) electrons. The van der Waals surface area contributed by atoms with E-state index in [-0.39, 0.29) is 22.5 Å². The molecule has 0 aliphatic carbocycles. The van der Waals surface area contributed by atoms with E-state index in [2.05, 4.69) is 10.1 Å². The molecule has 9 heteroatoms. The molecule has 27 heavy (non-hydrogen) atoms. The average molecular weight is 372 g/mol. The van der Waals surface area contributed by atoms with Crippen LogP contribution in [0.5, 0.6) is 0 Å². The summed E-state index contributed by atoms with van der Waals surface area (Å²) < 4.78 is 9.70. The summed E-state index contributed by atoms with van der Waals surface area (Å²) in [7, 11) is 1.18. The van der Waals surface area contributed by atoms with Crippen LogP contribution in [-0.2, 0) is 14.3 Å². The first-order valence-corrected chi connectivity index (χ1v) is 7.77. The van der Waals surface area contributed by atoms with E-state index in [1.54, 1.807) is 6.07 Å². The Morgan fingerprint density at radius 3 is 2.26 bits per heavy atom. The van der Waals surface area contributed by atoms with Crippen molar-refractivity contribution in [1.29, 1.82) is 0 Å². The molecule has 0 aliphatic heterocycles. The number of anilines is 1. The van der Waals surface area contributed by atoms with Gasteiger partial charge < -0.3 is 14.8 Å². The number of benzene rings is 2. The van der Waals surface area contributed by atoms with E-state index in [0.29, 0.717) is 0 Å². The van der Waals surface area contributed by atoms with Gasteiger partial charge in [-0.25, -0.2) is 9.59 Å². The summed E-state index contributed by atoms with van der Waals surface area (Å²) >= 11 is 0. The zero-order chi connectivity index (χ0) is 20.0. The highest BCUT2D eigenvalue weighted by molar-refractivity contribution is 6.04. The molecular formula is C18H16N2O7. The van der Waals surface area contributed by atoms with Crippen LogP contribution in [0.15, 0.2) is 48.5 Å². The first kappa shape index (κ1) is 19.6. The van der Waals surface area contributed by atoms with Crippen molar-refractivity contribution in [2.75, 3.05) is 12.4 Å². The Labute approximate surface area is 154 Å². The number of esters is 2. The minimum Gasteiger partial charge on any atom is -0.465 e. The van der Waals surface area contributed by atoms with E-state index in [9.17, 15) is 24.5 Å². The van der Waals surface area contributed by atoms with Crippen molar-refractivity contribution < 1.29 is 28.8 Å². The van der Waals surface area contributed by atoms with Crippen LogP contribution in [0, 0.1) is 10.1 Å². The van der Waals surface area contributed by atoms with Gasteiger partial charge in [0, 0.05) is 17.8 Å². The lowest BCUT2D eigenvalue weighted by molar-refractivity contribution is -0.384. The lowest BCUT2D eigenvalue weighted by Gasteiger charge is -2.14. The standard InChI is InChI=1S/C18H16N2O7/c1-11(16(21)19-12-6-5-7-13(10-12)20(24)25)27-18(23)15-9-4-3-8-14(15)17(22)26-2/h3-11H,1-2H3,(H,19,21). The SMILES string of the molecule is COC(=O)c1ccccc1C(=O)OC(C)C(=O)Nc1cccc([N+](=O)[O-])c1. The number of hydrogen-bond donors (Lipinski definition) is 1. The predicted octanol–water partition coefficient (Wildman–Crippen LogP) is 2.57.